The molecule has 46 heavy (non-hydrogen) atoms. The fourth-order valence-corrected chi connectivity index (χ4v) is 6.60. The third kappa shape index (κ3) is 8.97. The Balaban J connectivity index is 1.83. The molecule has 0 saturated heterocycles. The molecular weight excluding hydrogens is 598 g/mol. The Morgan fingerprint density at radius 2 is 1.46 bits per heavy atom. The average Bonchev–Trinajstić information content (AvgIpc) is 3.05. The lowest BCUT2D eigenvalue weighted by Gasteiger charge is -2.34. The second-order valence-corrected chi connectivity index (χ2v) is 13.4. The van der Waals surface area contributed by atoms with Crippen LogP contribution in [0.1, 0.15) is 37.5 Å². The second kappa shape index (κ2) is 16.1. The van der Waals surface area contributed by atoms with Crippen molar-refractivity contribution in [1.29, 1.82) is 0 Å². The first-order valence-electron chi connectivity index (χ1n) is 15.6. The fraction of sp³-hybridized carbons (Fsp3) is 0.297. The molecule has 4 aromatic rings. The van der Waals surface area contributed by atoms with Gasteiger partial charge in [-0.2, -0.15) is 0 Å². The van der Waals surface area contributed by atoms with Crippen molar-refractivity contribution in [3.05, 3.63) is 126 Å². The summed E-state index contributed by atoms with van der Waals surface area (Å²) in [5, 5.41) is 3.02. The van der Waals surface area contributed by atoms with Crippen LogP contribution < -0.4 is 14.4 Å². The van der Waals surface area contributed by atoms with E-state index in [2.05, 4.69) is 5.32 Å². The van der Waals surface area contributed by atoms with Gasteiger partial charge in [-0.25, -0.2) is 8.42 Å². The molecule has 1 atom stereocenters. The summed E-state index contributed by atoms with van der Waals surface area (Å²) < 4.78 is 35.4. The minimum absolute atomic E-state index is 0.0369. The lowest BCUT2D eigenvalue weighted by atomic mass is 10.0. The molecule has 242 valence electrons. The molecule has 0 unspecified atom stereocenters. The molecule has 8 nitrogen and oxygen atoms in total. The Bertz CT molecular complexity index is 1690. The van der Waals surface area contributed by atoms with Crippen LogP contribution in [-0.4, -0.2) is 50.9 Å². The zero-order chi connectivity index (χ0) is 33.1. The van der Waals surface area contributed by atoms with Gasteiger partial charge in [-0.3, -0.25) is 13.9 Å². The van der Waals surface area contributed by atoms with E-state index >= 15 is 0 Å². The van der Waals surface area contributed by atoms with Crippen LogP contribution in [0.15, 0.2) is 114 Å². The molecule has 0 spiro atoms. The molecule has 0 heterocycles. The van der Waals surface area contributed by atoms with Crippen molar-refractivity contribution < 1.29 is 22.7 Å². The van der Waals surface area contributed by atoms with E-state index in [9.17, 15) is 18.0 Å². The predicted molar refractivity (Wildman–Crippen MR) is 182 cm³/mol. The number of carbonyl (C=O) groups is 2. The van der Waals surface area contributed by atoms with Gasteiger partial charge in [-0.1, -0.05) is 104 Å². The Kier molecular flexibility index (Phi) is 12.0. The first-order valence-corrected chi connectivity index (χ1v) is 17.0. The van der Waals surface area contributed by atoms with Gasteiger partial charge in [-0.05, 0) is 55.2 Å². The molecule has 0 bridgehead atoms. The van der Waals surface area contributed by atoms with Gasteiger partial charge < -0.3 is 15.0 Å². The smallest absolute Gasteiger partial charge is 0.264 e. The molecular formula is C37H43N3O5S. The predicted octanol–water partition coefficient (Wildman–Crippen LogP) is 6.00. The fourth-order valence-electron chi connectivity index (χ4n) is 5.16. The van der Waals surface area contributed by atoms with Gasteiger partial charge in [0.25, 0.3) is 10.0 Å². The number of sulfonamides is 1. The van der Waals surface area contributed by atoms with Crippen LogP contribution in [-0.2, 0) is 32.6 Å². The lowest BCUT2D eigenvalue weighted by Crippen LogP contribution is -2.53. The summed E-state index contributed by atoms with van der Waals surface area (Å²) in [4.78, 5) is 30.1. The molecule has 0 aliphatic rings. The summed E-state index contributed by atoms with van der Waals surface area (Å²) in [5.41, 5.74) is 2.95. The average molecular weight is 642 g/mol. The molecule has 0 fully saturated rings. The molecule has 0 saturated carbocycles. The Morgan fingerprint density at radius 3 is 2.11 bits per heavy atom. The standard InChI is InChI=1S/C37H43N3O5S/c1-5-45-35-22-13-12-21-33(35)40(46(43,44)32-19-10-7-11-20-32)27-36(41)39(26-31-18-14-15-29(4)23-31)34(37(42)38-25-28(2)3)24-30-16-8-6-9-17-30/h6-23,28,34H,5,24-27H2,1-4H3,(H,38,42)/t34-/m1/s1. The molecule has 4 rings (SSSR count). The zero-order valence-electron chi connectivity index (χ0n) is 26.9. The van der Waals surface area contributed by atoms with Crippen molar-refractivity contribution in [3.8, 4) is 5.75 Å². The number of nitrogens with zero attached hydrogens (tertiary/aromatic N) is 2. The molecule has 2 amide bonds. The number of aryl methyl sites for hydroxylation is 1. The lowest BCUT2D eigenvalue weighted by molar-refractivity contribution is -0.140. The minimum Gasteiger partial charge on any atom is -0.492 e. The largest absolute Gasteiger partial charge is 0.492 e. The van der Waals surface area contributed by atoms with Crippen LogP contribution in [0, 0.1) is 12.8 Å². The number of rotatable bonds is 15. The summed E-state index contributed by atoms with van der Waals surface area (Å²) in [6.45, 7) is 8.09. The topological polar surface area (TPSA) is 96.0 Å². The summed E-state index contributed by atoms with van der Waals surface area (Å²) >= 11 is 0. The highest BCUT2D eigenvalue weighted by Gasteiger charge is 2.35. The quantitative estimate of drug-likeness (QED) is 0.172. The van der Waals surface area contributed by atoms with E-state index < -0.39 is 28.5 Å². The summed E-state index contributed by atoms with van der Waals surface area (Å²) in [5.74, 6) is -0.291. The second-order valence-electron chi connectivity index (χ2n) is 11.6. The number of anilines is 1. The summed E-state index contributed by atoms with van der Waals surface area (Å²) in [6.07, 6.45) is 0.253. The molecule has 0 aliphatic heterocycles. The van der Waals surface area contributed by atoms with Gasteiger partial charge in [-0.15, -0.1) is 0 Å². The van der Waals surface area contributed by atoms with Crippen LogP contribution in [0.4, 0.5) is 5.69 Å². The number of ether oxygens (including phenoxy) is 1. The van der Waals surface area contributed by atoms with E-state index in [0.29, 0.717) is 18.9 Å². The van der Waals surface area contributed by atoms with Gasteiger partial charge in [0.05, 0.1) is 17.2 Å². The number of benzene rings is 4. The third-order valence-corrected chi connectivity index (χ3v) is 9.21. The maximum Gasteiger partial charge on any atom is 0.264 e. The first kappa shape index (κ1) is 34.2. The van der Waals surface area contributed by atoms with E-state index in [0.717, 1.165) is 21.0 Å². The van der Waals surface area contributed by atoms with E-state index in [1.165, 1.54) is 17.0 Å². The van der Waals surface area contributed by atoms with Crippen molar-refractivity contribution >= 4 is 27.5 Å². The number of amides is 2. The number of hydrogen-bond acceptors (Lipinski definition) is 5. The van der Waals surface area contributed by atoms with E-state index in [1.807, 2.05) is 82.3 Å². The monoisotopic (exact) mass is 641 g/mol. The van der Waals surface area contributed by atoms with Crippen LogP contribution >= 0.6 is 0 Å². The van der Waals surface area contributed by atoms with Crippen molar-refractivity contribution in [2.45, 2.75) is 51.6 Å². The Labute approximate surface area is 273 Å². The third-order valence-electron chi connectivity index (χ3n) is 7.43. The normalized spacial score (nSPS) is 11.9. The SMILES string of the molecule is CCOc1ccccc1N(CC(=O)N(Cc1cccc(C)c1)[C@H](Cc1ccccc1)C(=O)NCC(C)C)S(=O)(=O)c1ccccc1. The Morgan fingerprint density at radius 1 is 0.826 bits per heavy atom. The van der Waals surface area contributed by atoms with Crippen molar-refractivity contribution in [2.75, 3.05) is 24.0 Å². The number of nitrogens with one attached hydrogen (secondary N) is 1. The molecule has 0 aliphatic carbocycles. The maximum atomic E-state index is 14.6. The number of hydrogen-bond donors (Lipinski definition) is 1. The van der Waals surface area contributed by atoms with Crippen molar-refractivity contribution in [2.24, 2.45) is 5.92 Å². The highest BCUT2D eigenvalue weighted by atomic mass is 32.2. The molecule has 4 aromatic carbocycles. The van der Waals surface area contributed by atoms with E-state index in [-0.39, 0.29) is 35.4 Å². The van der Waals surface area contributed by atoms with Gasteiger partial charge in [0.15, 0.2) is 0 Å². The van der Waals surface area contributed by atoms with Gasteiger partial charge in [0.2, 0.25) is 11.8 Å². The zero-order valence-corrected chi connectivity index (χ0v) is 27.7. The van der Waals surface area contributed by atoms with Crippen LogP contribution in [0.3, 0.4) is 0 Å². The highest BCUT2D eigenvalue weighted by Crippen LogP contribution is 2.33. The maximum absolute atomic E-state index is 14.6. The number of para-hydroxylation sites is 2. The van der Waals surface area contributed by atoms with Crippen molar-refractivity contribution in [3.63, 3.8) is 0 Å². The van der Waals surface area contributed by atoms with Crippen molar-refractivity contribution in [1.82, 2.24) is 10.2 Å². The molecule has 9 heteroatoms. The van der Waals surface area contributed by atoms with E-state index in [4.69, 9.17) is 4.74 Å². The van der Waals surface area contributed by atoms with Gasteiger partial charge in [0, 0.05) is 19.5 Å². The van der Waals surface area contributed by atoms with E-state index in [1.54, 1.807) is 42.5 Å². The Hall–Kier alpha value is -4.63. The number of carbonyl (C=O) groups excluding carboxylic acids is 2. The van der Waals surface area contributed by atoms with Gasteiger partial charge >= 0.3 is 0 Å². The van der Waals surface area contributed by atoms with Crippen LogP contribution in [0.5, 0.6) is 5.75 Å². The first-order chi connectivity index (χ1) is 22.1. The summed E-state index contributed by atoms with van der Waals surface area (Å²) in [6, 6.07) is 31.1. The molecule has 0 radical (unpaired) electrons. The minimum atomic E-state index is -4.22. The van der Waals surface area contributed by atoms with Gasteiger partial charge in [0.1, 0.15) is 18.3 Å². The summed E-state index contributed by atoms with van der Waals surface area (Å²) in [7, 11) is -4.22. The van der Waals surface area contributed by atoms with Crippen LogP contribution in [0.25, 0.3) is 0 Å². The molecule has 0 aromatic heterocycles. The van der Waals surface area contributed by atoms with Crippen LogP contribution in [0.2, 0.25) is 0 Å². The molecule has 1 N–H and O–H groups in total. The highest BCUT2D eigenvalue weighted by molar-refractivity contribution is 7.92.